The van der Waals surface area contributed by atoms with E-state index in [0.29, 0.717) is 32.2 Å². The van der Waals surface area contributed by atoms with Crippen LogP contribution in [0, 0.1) is 0 Å². The van der Waals surface area contributed by atoms with Gasteiger partial charge in [0.15, 0.2) is 5.82 Å². The second kappa shape index (κ2) is 6.48. The lowest BCUT2D eigenvalue weighted by atomic mass is 10.2. The van der Waals surface area contributed by atoms with Gasteiger partial charge < -0.3 is 14.8 Å². The minimum Gasteiger partial charge on any atom is -0.376 e. The van der Waals surface area contributed by atoms with E-state index in [2.05, 4.69) is 20.9 Å². The quantitative estimate of drug-likeness (QED) is 0.798. The van der Waals surface area contributed by atoms with E-state index in [0.717, 1.165) is 0 Å². The summed E-state index contributed by atoms with van der Waals surface area (Å²) in [6, 6.07) is -0.468. The monoisotopic (exact) mass is 269 g/mol. The molecule has 2 heterocycles. The number of carbonyl (C=O) groups is 1. The van der Waals surface area contributed by atoms with Gasteiger partial charge in [-0.2, -0.15) is 0 Å². The fraction of sp³-hybridized carbons (Fsp3) is 0.727. The summed E-state index contributed by atoms with van der Waals surface area (Å²) < 4.78 is 12.4. The third kappa shape index (κ3) is 3.65. The molecule has 1 fully saturated rings. The zero-order valence-corrected chi connectivity index (χ0v) is 11.1. The highest BCUT2D eigenvalue weighted by Gasteiger charge is 2.30. The molecule has 2 amide bonds. The van der Waals surface area contributed by atoms with E-state index in [-0.39, 0.29) is 18.2 Å². The number of aromatic nitrogens is 3. The zero-order chi connectivity index (χ0) is 13.7. The second-order valence-corrected chi connectivity index (χ2v) is 4.20. The molecule has 1 aromatic heterocycles. The normalized spacial score (nSPS) is 22.4. The van der Waals surface area contributed by atoms with Crippen molar-refractivity contribution in [2.45, 2.75) is 32.5 Å². The van der Waals surface area contributed by atoms with Gasteiger partial charge in [-0.3, -0.25) is 10.00 Å². The molecule has 19 heavy (non-hydrogen) atoms. The number of carbonyl (C=O) groups excluding carboxylic acids is 1. The summed E-state index contributed by atoms with van der Waals surface area (Å²) in [7, 11) is 0. The van der Waals surface area contributed by atoms with Gasteiger partial charge in [-0.1, -0.05) is 5.21 Å². The van der Waals surface area contributed by atoms with Crippen molar-refractivity contribution in [2.24, 2.45) is 0 Å². The van der Waals surface area contributed by atoms with Crippen molar-refractivity contribution in [3.8, 4) is 0 Å². The number of nitrogens with one attached hydrogen (secondary N) is 2. The Labute approximate surface area is 111 Å². The van der Waals surface area contributed by atoms with Gasteiger partial charge in [0, 0.05) is 13.2 Å². The highest BCUT2D eigenvalue weighted by Crippen LogP contribution is 2.10. The van der Waals surface area contributed by atoms with Crippen molar-refractivity contribution < 1.29 is 14.3 Å². The van der Waals surface area contributed by atoms with E-state index < -0.39 is 0 Å². The van der Waals surface area contributed by atoms with Crippen LogP contribution >= 0.6 is 0 Å². The van der Waals surface area contributed by atoms with E-state index in [1.54, 1.807) is 10.9 Å². The zero-order valence-electron chi connectivity index (χ0n) is 11.1. The van der Waals surface area contributed by atoms with Crippen molar-refractivity contribution in [1.29, 1.82) is 0 Å². The minimum atomic E-state index is -0.330. The summed E-state index contributed by atoms with van der Waals surface area (Å²) in [6.07, 6.45) is 1.58. The summed E-state index contributed by atoms with van der Waals surface area (Å²) >= 11 is 0. The van der Waals surface area contributed by atoms with E-state index in [1.165, 1.54) is 0 Å². The molecule has 8 heteroatoms. The maximum atomic E-state index is 11.8. The standard InChI is InChI=1S/C11H19N5O3/c1-3-16-5-10(14-15-16)13-11(17)12-8-6-18-7-9(8)19-4-2/h5,8-9H,3-4,6-7H2,1-2H3,(H2,12,13,17)/t8-,9-/m1/s1. The van der Waals surface area contributed by atoms with Crippen LogP contribution in [0.3, 0.4) is 0 Å². The van der Waals surface area contributed by atoms with Crippen LogP contribution in [-0.2, 0) is 16.0 Å². The number of ether oxygens (including phenoxy) is 2. The van der Waals surface area contributed by atoms with Crippen LogP contribution in [0.15, 0.2) is 6.20 Å². The van der Waals surface area contributed by atoms with Crippen molar-refractivity contribution >= 4 is 11.8 Å². The van der Waals surface area contributed by atoms with Crippen LogP contribution in [-0.4, -0.2) is 53.0 Å². The molecule has 1 aromatic rings. The second-order valence-electron chi connectivity index (χ2n) is 4.20. The van der Waals surface area contributed by atoms with Crippen molar-refractivity contribution in [2.75, 3.05) is 25.1 Å². The van der Waals surface area contributed by atoms with Gasteiger partial charge in [0.2, 0.25) is 0 Å². The Balaban J connectivity index is 1.83. The number of urea groups is 1. The summed E-state index contributed by atoms with van der Waals surface area (Å²) in [5, 5.41) is 13.1. The first kappa shape index (κ1) is 13.8. The largest absolute Gasteiger partial charge is 0.376 e. The molecule has 0 aromatic carbocycles. The fourth-order valence-electron chi connectivity index (χ4n) is 1.88. The molecule has 0 spiro atoms. The molecule has 106 valence electrons. The third-order valence-electron chi connectivity index (χ3n) is 2.83. The van der Waals surface area contributed by atoms with Gasteiger partial charge >= 0.3 is 6.03 Å². The first-order chi connectivity index (χ1) is 9.22. The molecule has 2 N–H and O–H groups in total. The number of anilines is 1. The molecule has 1 aliphatic rings. The number of hydrogen-bond acceptors (Lipinski definition) is 5. The molecular formula is C11H19N5O3. The Kier molecular flexibility index (Phi) is 4.69. The molecule has 2 atom stereocenters. The number of nitrogens with zero attached hydrogens (tertiary/aromatic N) is 3. The molecule has 0 saturated carbocycles. The molecule has 1 saturated heterocycles. The van der Waals surface area contributed by atoms with Gasteiger partial charge in [-0.25, -0.2) is 4.79 Å². The molecule has 0 aliphatic carbocycles. The molecular weight excluding hydrogens is 250 g/mol. The number of hydrogen-bond donors (Lipinski definition) is 2. The topological polar surface area (TPSA) is 90.3 Å². The van der Waals surface area contributed by atoms with E-state index >= 15 is 0 Å². The van der Waals surface area contributed by atoms with E-state index in [1.807, 2.05) is 13.8 Å². The van der Waals surface area contributed by atoms with E-state index in [4.69, 9.17) is 9.47 Å². The third-order valence-corrected chi connectivity index (χ3v) is 2.83. The smallest absolute Gasteiger partial charge is 0.320 e. The Hall–Kier alpha value is -1.67. The van der Waals surface area contributed by atoms with Gasteiger partial charge in [-0.15, -0.1) is 5.10 Å². The van der Waals surface area contributed by atoms with Gasteiger partial charge in [0.25, 0.3) is 0 Å². The first-order valence-electron chi connectivity index (χ1n) is 6.40. The summed E-state index contributed by atoms with van der Waals surface area (Å²) in [4.78, 5) is 11.8. The number of rotatable bonds is 5. The highest BCUT2D eigenvalue weighted by molar-refractivity contribution is 5.88. The highest BCUT2D eigenvalue weighted by atomic mass is 16.5. The first-order valence-corrected chi connectivity index (χ1v) is 6.40. The van der Waals surface area contributed by atoms with Crippen LogP contribution in [0.1, 0.15) is 13.8 Å². The lowest BCUT2D eigenvalue weighted by molar-refractivity contribution is 0.0428. The van der Waals surface area contributed by atoms with Crippen molar-refractivity contribution in [1.82, 2.24) is 20.3 Å². The lowest BCUT2D eigenvalue weighted by Gasteiger charge is -2.18. The molecule has 0 radical (unpaired) electrons. The molecule has 8 nitrogen and oxygen atoms in total. The van der Waals surface area contributed by atoms with Gasteiger partial charge in [-0.05, 0) is 13.8 Å². The Morgan fingerprint density at radius 2 is 2.42 bits per heavy atom. The van der Waals surface area contributed by atoms with E-state index in [9.17, 15) is 4.79 Å². The average Bonchev–Trinajstić information content (AvgIpc) is 3.00. The van der Waals surface area contributed by atoms with Gasteiger partial charge in [0.05, 0.1) is 25.5 Å². The molecule has 0 bridgehead atoms. The van der Waals surface area contributed by atoms with Crippen LogP contribution in [0.4, 0.5) is 10.6 Å². The van der Waals surface area contributed by atoms with Crippen LogP contribution < -0.4 is 10.6 Å². The minimum absolute atomic E-state index is 0.0953. The van der Waals surface area contributed by atoms with Crippen LogP contribution in [0.5, 0.6) is 0 Å². The van der Waals surface area contributed by atoms with Crippen LogP contribution in [0.25, 0.3) is 0 Å². The predicted octanol–water partition coefficient (Wildman–Crippen LogP) is 0.223. The molecule has 0 unspecified atom stereocenters. The van der Waals surface area contributed by atoms with Crippen molar-refractivity contribution in [3.05, 3.63) is 6.20 Å². The number of amides is 2. The summed E-state index contributed by atoms with van der Waals surface area (Å²) in [5.41, 5.74) is 0. The molecule has 1 aliphatic heterocycles. The Morgan fingerprint density at radius 1 is 1.58 bits per heavy atom. The van der Waals surface area contributed by atoms with Gasteiger partial charge in [0.1, 0.15) is 6.10 Å². The Bertz CT molecular complexity index is 422. The molecule has 2 rings (SSSR count). The maximum absolute atomic E-state index is 11.8. The number of aryl methyl sites for hydroxylation is 1. The maximum Gasteiger partial charge on any atom is 0.320 e. The van der Waals surface area contributed by atoms with Crippen LogP contribution in [0.2, 0.25) is 0 Å². The fourth-order valence-corrected chi connectivity index (χ4v) is 1.88. The SMILES string of the molecule is CCO[C@@H]1COC[C@H]1NC(=O)Nc1cn(CC)nn1. The summed E-state index contributed by atoms with van der Waals surface area (Å²) in [5.74, 6) is 0.422. The predicted molar refractivity (Wildman–Crippen MR) is 67.9 cm³/mol. The van der Waals surface area contributed by atoms with Crippen molar-refractivity contribution in [3.63, 3.8) is 0 Å². The average molecular weight is 269 g/mol. The lowest BCUT2D eigenvalue weighted by Crippen LogP contribution is -2.45. The summed E-state index contributed by atoms with van der Waals surface area (Å²) in [6.45, 7) is 6.13. The Morgan fingerprint density at radius 3 is 3.11 bits per heavy atom.